The number of benzene rings is 1. The standard InChI is InChI=1S/C17H17FN2O3S/c1-23-14-5-4-12(11-13(14)18)16(21)19-6-8-20(9-7-19)17(22)15-3-2-10-24-15/h2-5,10-11H,6-9H2,1H3. The molecule has 0 atom stereocenters. The van der Waals surface area contributed by atoms with Gasteiger partial charge in [0.05, 0.1) is 12.0 Å². The molecule has 2 aromatic rings. The van der Waals surface area contributed by atoms with E-state index < -0.39 is 5.82 Å². The van der Waals surface area contributed by atoms with Crippen LogP contribution in [0.25, 0.3) is 0 Å². The summed E-state index contributed by atoms with van der Waals surface area (Å²) < 4.78 is 18.6. The first kappa shape index (κ1) is 16.4. The molecule has 24 heavy (non-hydrogen) atoms. The Balaban J connectivity index is 1.63. The number of halogens is 1. The molecule has 1 aromatic carbocycles. The molecule has 126 valence electrons. The average molecular weight is 348 g/mol. The zero-order valence-electron chi connectivity index (χ0n) is 13.2. The van der Waals surface area contributed by atoms with Gasteiger partial charge in [0.2, 0.25) is 0 Å². The first-order valence-corrected chi connectivity index (χ1v) is 8.43. The van der Waals surface area contributed by atoms with Crippen molar-refractivity contribution in [3.63, 3.8) is 0 Å². The number of carbonyl (C=O) groups is 2. The average Bonchev–Trinajstić information content (AvgIpc) is 3.15. The quantitative estimate of drug-likeness (QED) is 0.856. The van der Waals surface area contributed by atoms with E-state index in [0.29, 0.717) is 31.1 Å². The number of ether oxygens (including phenoxy) is 1. The van der Waals surface area contributed by atoms with Gasteiger partial charge in [-0.05, 0) is 29.6 Å². The normalized spacial score (nSPS) is 14.6. The number of hydrogen-bond donors (Lipinski definition) is 0. The fourth-order valence-corrected chi connectivity index (χ4v) is 3.34. The molecule has 0 N–H and O–H groups in total. The zero-order chi connectivity index (χ0) is 17.1. The molecule has 2 heterocycles. The van der Waals surface area contributed by atoms with Gasteiger partial charge in [-0.15, -0.1) is 11.3 Å². The van der Waals surface area contributed by atoms with Crippen LogP contribution >= 0.6 is 11.3 Å². The smallest absolute Gasteiger partial charge is 0.264 e. The fraction of sp³-hybridized carbons (Fsp3) is 0.294. The second-order valence-corrected chi connectivity index (χ2v) is 6.36. The second kappa shape index (κ2) is 7.00. The lowest BCUT2D eigenvalue weighted by molar-refractivity contribution is 0.0538. The van der Waals surface area contributed by atoms with E-state index in [1.807, 2.05) is 11.4 Å². The van der Waals surface area contributed by atoms with Crippen LogP contribution in [0, 0.1) is 5.82 Å². The Morgan fingerprint density at radius 1 is 1.08 bits per heavy atom. The van der Waals surface area contributed by atoms with Crippen molar-refractivity contribution in [3.8, 4) is 5.75 Å². The van der Waals surface area contributed by atoms with Crippen molar-refractivity contribution in [2.24, 2.45) is 0 Å². The van der Waals surface area contributed by atoms with Crippen molar-refractivity contribution in [1.82, 2.24) is 9.80 Å². The Kier molecular flexibility index (Phi) is 4.80. The molecule has 7 heteroatoms. The van der Waals surface area contributed by atoms with E-state index in [1.54, 1.807) is 21.9 Å². The van der Waals surface area contributed by atoms with Crippen molar-refractivity contribution in [2.45, 2.75) is 0 Å². The van der Waals surface area contributed by atoms with Crippen molar-refractivity contribution in [3.05, 3.63) is 52.0 Å². The van der Waals surface area contributed by atoms with E-state index in [-0.39, 0.29) is 23.1 Å². The van der Waals surface area contributed by atoms with E-state index in [2.05, 4.69) is 0 Å². The number of rotatable bonds is 3. The van der Waals surface area contributed by atoms with Crippen LogP contribution in [-0.4, -0.2) is 54.9 Å². The van der Waals surface area contributed by atoms with Gasteiger partial charge in [0, 0.05) is 31.7 Å². The van der Waals surface area contributed by atoms with Gasteiger partial charge in [0.1, 0.15) is 0 Å². The summed E-state index contributed by atoms with van der Waals surface area (Å²) in [6, 6.07) is 7.82. The minimum absolute atomic E-state index is 0.00686. The van der Waals surface area contributed by atoms with E-state index in [0.717, 1.165) is 0 Å². The highest BCUT2D eigenvalue weighted by atomic mass is 32.1. The molecular weight excluding hydrogens is 331 g/mol. The maximum atomic E-state index is 13.8. The Labute approximate surface area is 143 Å². The topological polar surface area (TPSA) is 49.9 Å². The van der Waals surface area contributed by atoms with Crippen LogP contribution in [0.15, 0.2) is 35.7 Å². The van der Waals surface area contributed by atoms with Crippen LogP contribution < -0.4 is 4.74 Å². The first-order valence-electron chi connectivity index (χ1n) is 7.55. The molecule has 0 radical (unpaired) electrons. The molecule has 0 saturated carbocycles. The Morgan fingerprint density at radius 3 is 2.29 bits per heavy atom. The highest BCUT2D eigenvalue weighted by Crippen LogP contribution is 2.20. The van der Waals surface area contributed by atoms with E-state index in [4.69, 9.17) is 4.74 Å². The largest absolute Gasteiger partial charge is 0.494 e. The van der Waals surface area contributed by atoms with Crippen LogP contribution in [0.2, 0.25) is 0 Å². The van der Waals surface area contributed by atoms with Gasteiger partial charge in [0.15, 0.2) is 11.6 Å². The molecule has 0 unspecified atom stereocenters. The summed E-state index contributed by atoms with van der Waals surface area (Å²) in [4.78, 5) is 28.8. The van der Waals surface area contributed by atoms with Gasteiger partial charge >= 0.3 is 0 Å². The summed E-state index contributed by atoms with van der Waals surface area (Å²) in [5.41, 5.74) is 0.284. The zero-order valence-corrected chi connectivity index (χ0v) is 14.0. The highest BCUT2D eigenvalue weighted by Gasteiger charge is 2.26. The SMILES string of the molecule is COc1ccc(C(=O)N2CCN(C(=O)c3cccs3)CC2)cc1F. The number of hydrogen-bond acceptors (Lipinski definition) is 4. The van der Waals surface area contributed by atoms with Gasteiger partial charge in [0.25, 0.3) is 11.8 Å². The number of nitrogens with zero attached hydrogens (tertiary/aromatic N) is 2. The third-order valence-electron chi connectivity index (χ3n) is 3.98. The van der Waals surface area contributed by atoms with Gasteiger partial charge < -0.3 is 14.5 Å². The fourth-order valence-electron chi connectivity index (χ4n) is 2.65. The predicted molar refractivity (Wildman–Crippen MR) is 89.1 cm³/mol. The number of piperazine rings is 1. The molecule has 1 fully saturated rings. The molecule has 1 aliphatic heterocycles. The summed E-state index contributed by atoms with van der Waals surface area (Å²) in [6.07, 6.45) is 0. The summed E-state index contributed by atoms with van der Waals surface area (Å²) in [5, 5.41) is 1.87. The van der Waals surface area contributed by atoms with Crippen LogP contribution in [0.5, 0.6) is 5.75 Å². The molecule has 3 rings (SSSR count). The molecule has 0 aliphatic carbocycles. The van der Waals surface area contributed by atoms with Crippen molar-refractivity contribution in [1.29, 1.82) is 0 Å². The lowest BCUT2D eigenvalue weighted by Gasteiger charge is -2.34. The van der Waals surface area contributed by atoms with Gasteiger partial charge in [-0.25, -0.2) is 4.39 Å². The van der Waals surface area contributed by atoms with Crippen molar-refractivity contribution in [2.75, 3.05) is 33.3 Å². The molecule has 1 aliphatic rings. The molecular formula is C17H17FN2O3S. The number of carbonyl (C=O) groups excluding carboxylic acids is 2. The van der Waals surface area contributed by atoms with Crippen LogP contribution in [0.3, 0.4) is 0 Å². The van der Waals surface area contributed by atoms with E-state index in [9.17, 15) is 14.0 Å². The van der Waals surface area contributed by atoms with Crippen LogP contribution in [-0.2, 0) is 0 Å². The van der Waals surface area contributed by atoms with Gasteiger partial charge in [-0.3, -0.25) is 9.59 Å². The van der Waals surface area contributed by atoms with Gasteiger partial charge in [-0.1, -0.05) is 6.07 Å². The highest BCUT2D eigenvalue weighted by molar-refractivity contribution is 7.12. The summed E-state index contributed by atoms with van der Waals surface area (Å²) in [6.45, 7) is 1.81. The van der Waals surface area contributed by atoms with E-state index >= 15 is 0 Å². The Morgan fingerprint density at radius 2 is 1.75 bits per heavy atom. The lowest BCUT2D eigenvalue weighted by Crippen LogP contribution is -2.50. The van der Waals surface area contributed by atoms with Gasteiger partial charge in [-0.2, -0.15) is 0 Å². The Bertz CT molecular complexity index is 740. The minimum Gasteiger partial charge on any atom is -0.494 e. The lowest BCUT2D eigenvalue weighted by atomic mass is 10.1. The third-order valence-corrected chi connectivity index (χ3v) is 4.84. The molecule has 5 nitrogen and oxygen atoms in total. The first-order chi connectivity index (χ1) is 11.6. The Hall–Kier alpha value is -2.41. The maximum Gasteiger partial charge on any atom is 0.264 e. The van der Waals surface area contributed by atoms with Crippen molar-refractivity contribution < 1.29 is 18.7 Å². The number of thiophene rings is 1. The minimum atomic E-state index is -0.560. The van der Waals surface area contributed by atoms with E-state index in [1.165, 1.54) is 30.6 Å². The monoisotopic (exact) mass is 348 g/mol. The van der Waals surface area contributed by atoms with Crippen molar-refractivity contribution >= 4 is 23.2 Å². The summed E-state index contributed by atoms with van der Waals surface area (Å²) in [5.74, 6) is -0.694. The number of amides is 2. The molecule has 1 saturated heterocycles. The van der Waals surface area contributed by atoms with Crippen LogP contribution in [0.1, 0.15) is 20.0 Å². The molecule has 1 aromatic heterocycles. The summed E-state index contributed by atoms with van der Waals surface area (Å²) in [7, 11) is 1.38. The maximum absolute atomic E-state index is 13.8. The molecule has 2 amide bonds. The second-order valence-electron chi connectivity index (χ2n) is 5.41. The van der Waals surface area contributed by atoms with Crippen LogP contribution in [0.4, 0.5) is 4.39 Å². The number of methoxy groups -OCH3 is 1. The predicted octanol–water partition coefficient (Wildman–Crippen LogP) is 2.49. The third kappa shape index (κ3) is 3.26. The summed E-state index contributed by atoms with van der Waals surface area (Å²) >= 11 is 1.41. The molecule has 0 bridgehead atoms. The molecule has 0 spiro atoms.